The van der Waals surface area contributed by atoms with Crippen LogP contribution in [0, 0.1) is 17.5 Å². The van der Waals surface area contributed by atoms with E-state index in [-0.39, 0.29) is 6.61 Å². The van der Waals surface area contributed by atoms with Crippen LogP contribution in [0.1, 0.15) is 25.7 Å². The molecule has 3 aliphatic rings. The van der Waals surface area contributed by atoms with Crippen LogP contribution in [0.2, 0.25) is 0 Å². The van der Waals surface area contributed by atoms with Crippen LogP contribution in [0.4, 0.5) is 13.2 Å². The molecule has 0 spiro atoms. The van der Waals surface area contributed by atoms with Gasteiger partial charge in [0.25, 0.3) is 0 Å². The third-order valence-electron chi connectivity index (χ3n) is 5.64. The SMILES string of the molecule is Fc1cc(F)c(OCCCN2CCN(C3=COC(CC4=CC=CCC4)=CO3)CC2)c(F)c1. The average Bonchev–Trinajstić information content (AvgIpc) is 2.80. The number of piperazine rings is 1. The Morgan fingerprint density at radius 1 is 0.969 bits per heavy atom. The van der Waals surface area contributed by atoms with Gasteiger partial charge in [0, 0.05) is 51.3 Å². The lowest BCUT2D eigenvalue weighted by Crippen LogP contribution is -2.46. The molecule has 172 valence electrons. The van der Waals surface area contributed by atoms with Crippen LogP contribution in [0.5, 0.6) is 5.75 Å². The minimum Gasteiger partial charge on any atom is -0.488 e. The number of hydrogen-bond donors (Lipinski definition) is 0. The largest absolute Gasteiger partial charge is 0.488 e. The molecule has 4 rings (SSSR count). The van der Waals surface area contributed by atoms with E-state index >= 15 is 0 Å². The van der Waals surface area contributed by atoms with E-state index in [1.165, 1.54) is 5.57 Å². The van der Waals surface area contributed by atoms with Gasteiger partial charge in [0.1, 0.15) is 17.8 Å². The van der Waals surface area contributed by atoms with Crippen molar-refractivity contribution >= 4 is 0 Å². The van der Waals surface area contributed by atoms with Gasteiger partial charge in [-0.2, -0.15) is 0 Å². The van der Waals surface area contributed by atoms with E-state index in [1.54, 1.807) is 12.5 Å². The van der Waals surface area contributed by atoms with E-state index in [0.717, 1.165) is 57.7 Å². The van der Waals surface area contributed by atoms with Crippen molar-refractivity contribution in [1.82, 2.24) is 9.80 Å². The molecule has 5 nitrogen and oxygen atoms in total. The first-order valence-electron chi connectivity index (χ1n) is 10.9. The molecule has 0 radical (unpaired) electrons. The maximum atomic E-state index is 13.6. The Morgan fingerprint density at radius 2 is 1.75 bits per heavy atom. The number of rotatable bonds is 8. The Hall–Kier alpha value is -2.87. The van der Waals surface area contributed by atoms with Crippen molar-refractivity contribution in [2.45, 2.75) is 25.7 Å². The topological polar surface area (TPSA) is 34.2 Å². The maximum absolute atomic E-state index is 13.6. The first-order chi connectivity index (χ1) is 15.6. The van der Waals surface area contributed by atoms with Crippen molar-refractivity contribution in [3.8, 4) is 5.75 Å². The summed E-state index contributed by atoms with van der Waals surface area (Å²) in [5.74, 6) is -2.02. The van der Waals surface area contributed by atoms with E-state index < -0.39 is 23.2 Å². The fourth-order valence-corrected chi connectivity index (χ4v) is 3.88. The average molecular weight is 448 g/mol. The molecular weight excluding hydrogens is 421 g/mol. The van der Waals surface area contributed by atoms with Crippen molar-refractivity contribution < 1.29 is 27.4 Å². The maximum Gasteiger partial charge on any atom is 0.231 e. The molecule has 8 heteroatoms. The van der Waals surface area contributed by atoms with Crippen molar-refractivity contribution in [2.24, 2.45) is 0 Å². The quantitative estimate of drug-likeness (QED) is 0.532. The van der Waals surface area contributed by atoms with Gasteiger partial charge >= 0.3 is 0 Å². The summed E-state index contributed by atoms with van der Waals surface area (Å²) >= 11 is 0. The minimum atomic E-state index is -1.02. The lowest BCUT2D eigenvalue weighted by Gasteiger charge is -2.36. The standard InChI is InChI=1S/C24H27F3N2O3/c25-19-14-21(26)24(22(27)15-19)30-12-4-7-28-8-10-29(11-9-28)23-17-31-20(16-32-23)13-18-5-2-1-3-6-18/h1-2,5,14-17H,3-4,6-13H2. The van der Waals surface area contributed by atoms with E-state index in [1.807, 2.05) is 0 Å². The minimum absolute atomic E-state index is 0.154. The van der Waals surface area contributed by atoms with Crippen molar-refractivity contribution in [3.05, 3.63) is 77.6 Å². The molecule has 1 aliphatic carbocycles. The van der Waals surface area contributed by atoms with Gasteiger partial charge in [-0.05, 0) is 19.3 Å². The van der Waals surface area contributed by atoms with E-state index in [0.29, 0.717) is 24.4 Å². The monoisotopic (exact) mass is 448 g/mol. The van der Waals surface area contributed by atoms with Crippen LogP contribution in [-0.4, -0.2) is 49.1 Å². The molecule has 1 fully saturated rings. The molecular formula is C24H27F3N2O3. The first kappa shape index (κ1) is 22.3. The lowest BCUT2D eigenvalue weighted by molar-refractivity contribution is 0.0804. The van der Waals surface area contributed by atoms with Gasteiger partial charge in [-0.15, -0.1) is 0 Å². The van der Waals surface area contributed by atoms with Crippen LogP contribution in [0.25, 0.3) is 0 Å². The summed E-state index contributed by atoms with van der Waals surface area (Å²) in [5.41, 5.74) is 1.33. The second-order valence-electron chi connectivity index (χ2n) is 7.97. The summed E-state index contributed by atoms with van der Waals surface area (Å²) in [4.78, 5) is 4.39. The molecule has 0 unspecified atom stereocenters. The lowest BCUT2D eigenvalue weighted by atomic mass is 10.0. The number of allylic oxidation sites excluding steroid dienone is 4. The fourth-order valence-electron chi connectivity index (χ4n) is 3.88. The second-order valence-corrected chi connectivity index (χ2v) is 7.97. The normalized spacial score (nSPS) is 19.0. The highest BCUT2D eigenvalue weighted by molar-refractivity contribution is 5.27. The van der Waals surface area contributed by atoms with Crippen LogP contribution < -0.4 is 4.74 Å². The van der Waals surface area contributed by atoms with Gasteiger partial charge in [0.05, 0.1) is 6.61 Å². The van der Waals surface area contributed by atoms with Crippen LogP contribution >= 0.6 is 0 Å². The molecule has 0 atom stereocenters. The Kier molecular flexibility index (Phi) is 7.42. The van der Waals surface area contributed by atoms with E-state index in [9.17, 15) is 13.2 Å². The van der Waals surface area contributed by atoms with Gasteiger partial charge in [-0.25, -0.2) is 13.2 Å². The number of hydrogen-bond acceptors (Lipinski definition) is 5. The highest BCUT2D eigenvalue weighted by atomic mass is 19.1. The summed E-state index contributed by atoms with van der Waals surface area (Å²) in [5, 5.41) is 0. The summed E-state index contributed by atoms with van der Waals surface area (Å²) < 4.78 is 56.9. The van der Waals surface area contributed by atoms with Gasteiger partial charge in [0.15, 0.2) is 23.6 Å². The van der Waals surface area contributed by atoms with Crippen LogP contribution in [0.15, 0.2) is 60.1 Å². The molecule has 0 saturated carbocycles. The zero-order valence-corrected chi connectivity index (χ0v) is 17.9. The summed E-state index contributed by atoms with van der Waals surface area (Å²) in [6, 6.07) is 1.23. The van der Waals surface area contributed by atoms with Gasteiger partial charge in [-0.1, -0.05) is 23.8 Å². The predicted molar refractivity (Wildman–Crippen MR) is 114 cm³/mol. The third-order valence-corrected chi connectivity index (χ3v) is 5.64. The Labute approximate surface area is 186 Å². The zero-order valence-electron chi connectivity index (χ0n) is 17.9. The smallest absolute Gasteiger partial charge is 0.231 e. The number of ether oxygens (including phenoxy) is 3. The Bertz CT molecular complexity index is 911. The van der Waals surface area contributed by atoms with Gasteiger partial charge in [-0.3, -0.25) is 4.90 Å². The van der Waals surface area contributed by atoms with Gasteiger partial charge < -0.3 is 19.1 Å². The molecule has 0 bridgehead atoms. The molecule has 1 aromatic rings. The summed E-state index contributed by atoms with van der Waals surface area (Å²) in [6.45, 7) is 4.13. The van der Waals surface area contributed by atoms with Crippen LogP contribution in [-0.2, 0) is 9.47 Å². The molecule has 0 N–H and O–H groups in total. The zero-order chi connectivity index (χ0) is 22.3. The summed E-state index contributed by atoms with van der Waals surface area (Å²) in [7, 11) is 0. The van der Waals surface area contributed by atoms with Gasteiger partial charge in [0.2, 0.25) is 5.88 Å². The Morgan fingerprint density at radius 3 is 2.41 bits per heavy atom. The molecule has 2 heterocycles. The molecule has 1 saturated heterocycles. The number of benzene rings is 1. The van der Waals surface area contributed by atoms with Crippen molar-refractivity contribution in [2.75, 3.05) is 39.3 Å². The van der Waals surface area contributed by atoms with Crippen molar-refractivity contribution in [1.29, 1.82) is 0 Å². The Balaban J connectivity index is 1.14. The molecule has 32 heavy (non-hydrogen) atoms. The molecule has 0 amide bonds. The van der Waals surface area contributed by atoms with E-state index in [2.05, 4.69) is 28.0 Å². The number of halogens is 3. The van der Waals surface area contributed by atoms with E-state index in [4.69, 9.17) is 14.2 Å². The fraction of sp³-hybridized carbons (Fsp3) is 0.417. The third kappa shape index (κ3) is 5.88. The predicted octanol–water partition coefficient (Wildman–Crippen LogP) is 4.84. The molecule has 1 aromatic carbocycles. The number of nitrogens with zero attached hydrogens (tertiary/aromatic N) is 2. The highest BCUT2D eigenvalue weighted by Gasteiger charge is 2.22. The molecule has 0 aromatic heterocycles. The van der Waals surface area contributed by atoms with Crippen LogP contribution in [0.3, 0.4) is 0 Å². The highest BCUT2D eigenvalue weighted by Crippen LogP contribution is 2.25. The second kappa shape index (κ2) is 10.6. The summed E-state index contributed by atoms with van der Waals surface area (Å²) in [6.07, 6.45) is 13.2. The molecule has 2 aliphatic heterocycles. The van der Waals surface area contributed by atoms with Crippen molar-refractivity contribution in [3.63, 3.8) is 0 Å². The first-order valence-corrected chi connectivity index (χ1v) is 10.9.